The second-order valence-electron chi connectivity index (χ2n) is 3.11. The fraction of sp³-hybridized carbons (Fsp3) is 0. The van der Waals surface area contributed by atoms with Gasteiger partial charge in [0.2, 0.25) is 0 Å². The van der Waals surface area contributed by atoms with E-state index < -0.39 is 0 Å². The third-order valence-electron chi connectivity index (χ3n) is 2.12. The van der Waals surface area contributed by atoms with Crippen LogP contribution in [0, 0.1) is 5.41 Å². The first-order valence-corrected chi connectivity index (χ1v) is 4.57. The second kappa shape index (κ2) is 9.06. The quantitative estimate of drug-likeness (QED) is 0.794. The summed E-state index contributed by atoms with van der Waals surface area (Å²) < 4.78 is 0. The summed E-state index contributed by atoms with van der Waals surface area (Å²) >= 11 is 0. The molecule has 0 aromatic heterocycles. The van der Waals surface area contributed by atoms with Crippen molar-refractivity contribution in [1.29, 1.82) is 5.41 Å². The van der Waals surface area contributed by atoms with Gasteiger partial charge in [-0.05, 0) is 11.1 Å². The van der Waals surface area contributed by atoms with E-state index >= 15 is 0 Å². The predicted molar refractivity (Wildman–Crippen MR) is 80.6 cm³/mol. The molecule has 0 spiro atoms. The molecule has 4 heteroatoms. The van der Waals surface area contributed by atoms with Crippen molar-refractivity contribution in [3.8, 4) is 0 Å². The number of halogens is 3. The molecule has 0 bridgehead atoms. The van der Waals surface area contributed by atoms with Crippen LogP contribution >= 0.6 is 37.2 Å². The molecule has 0 unspecified atom stereocenters. The highest BCUT2D eigenvalue weighted by Crippen LogP contribution is 2.08. The van der Waals surface area contributed by atoms with E-state index in [-0.39, 0.29) is 37.2 Å². The van der Waals surface area contributed by atoms with Crippen LogP contribution in [0.2, 0.25) is 0 Å². The van der Waals surface area contributed by atoms with Crippen molar-refractivity contribution in [2.24, 2.45) is 0 Å². The standard InChI is InChI=1S/C13H11N.3ClH/c14-13(11-7-3-1-4-8-11)12-9-5-2-6-10-12;;;/h1-10,14H;3*1H. The smallest absolute Gasteiger partial charge is 0.0684 e. The van der Waals surface area contributed by atoms with E-state index in [0.29, 0.717) is 5.71 Å². The van der Waals surface area contributed by atoms with Gasteiger partial charge in [0.25, 0.3) is 0 Å². The number of rotatable bonds is 2. The van der Waals surface area contributed by atoms with E-state index in [1.807, 2.05) is 60.7 Å². The Hall–Kier alpha value is -1.02. The maximum absolute atomic E-state index is 7.97. The lowest BCUT2D eigenvalue weighted by atomic mass is 10.0. The Bertz CT molecular complexity index is 387. The Kier molecular flexibility index (Phi) is 9.77. The fourth-order valence-corrected chi connectivity index (χ4v) is 1.38. The lowest BCUT2D eigenvalue weighted by Crippen LogP contribution is -1.99. The van der Waals surface area contributed by atoms with Crippen molar-refractivity contribution in [2.45, 2.75) is 0 Å². The largest absolute Gasteiger partial charge is 0.300 e. The molecule has 0 amide bonds. The molecule has 1 N–H and O–H groups in total. The van der Waals surface area contributed by atoms with E-state index in [4.69, 9.17) is 5.41 Å². The van der Waals surface area contributed by atoms with Gasteiger partial charge in [-0.15, -0.1) is 37.2 Å². The lowest BCUT2D eigenvalue weighted by Gasteiger charge is -2.02. The molecular formula is C13H14Cl3N. The summed E-state index contributed by atoms with van der Waals surface area (Å²) in [4.78, 5) is 0. The van der Waals surface area contributed by atoms with Gasteiger partial charge in [0.15, 0.2) is 0 Å². The fourth-order valence-electron chi connectivity index (χ4n) is 1.38. The molecule has 0 fully saturated rings. The van der Waals surface area contributed by atoms with Crippen molar-refractivity contribution in [3.05, 3.63) is 71.8 Å². The van der Waals surface area contributed by atoms with Crippen LogP contribution in [0.1, 0.15) is 11.1 Å². The summed E-state index contributed by atoms with van der Waals surface area (Å²) in [7, 11) is 0. The van der Waals surface area contributed by atoms with Crippen LogP contribution in [-0.4, -0.2) is 5.71 Å². The number of nitrogens with one attached hydrogen (secondary N) is 1. The maximum atomic E-state index is 7.97. The summed E-state index contributed by atoms with van der Waals surface area (Å²) in [5.41, 5.74) is 2.49. The Morgan fingerprint density at radius 1 is 0.588 bits per heavy atom. The first-order valence-electron chi connectivity index (χ1n) is 4.57. The van der Waals surface area contributed by atoms with Gasteiger partial charge in [-0.1, -0.05) is 60.7 Å². The Morgan fingerprint density at radius 2 is 0.882 bits per heavy atom. The van der Waals surface area contributed by atoms with Crippen LogP contribution < -0.4 is 0 Å². The van der Waals surface area contributed by atoms with Crippen LogP contribution in [0.25, 0.3) is 0 Å². The topological polar surface area (TPSA) is 23.9 Å². The van der Waals surface area contributed by atoms with Gasteiger partial charge in [-0.25, -0.2) is 0 Å². The second-order valence-corrected chi connectivity index (χ2v) is 3.11. The molecule has 0 saturated heterocycles. The molecule has 0 aliphatic heterocycles. The van der Waals surface area contributed by atoms with E-state index in [1.165, 1.54) is 0 Å². The monoisotopic (exact) mass is 289 g/mol. The third kappa shape index (κ3) is 4.78. The van der Waals surface area contributed by atoms with Crippen molar-refractivity contribution >= 4 is 42.9 Å². The van der Waals surface area contributed by atoms with E-state index in [9.17, 15) is 0 Å². The highest BCUT2D eigenvalue weighted by molar-refractivity contribution is 6.10. The average molecular weight is 291 g/mol. The molecule has 1 nitrogen and oxygen atoms in total. The maximum Gasteiger partial charge on any atom is 0.0684 e. The molecule has 0 aliphatic rings. The molecule has 0 aliphatic carbocycles. The van der Waals surface area contributed by atoms with Crippen LogP contribution in [-0.2, 0) is 0 Å². The Balaban J connectivity index is 0. The van der Waals surface area contributed by atoms with Crippen molar-refractivity contribution in [3.63, 3.8) is 0 Å². The van der Waals surface area contributed by atoms with Crippen LogP contribution in [0.3, 0.4) is 0 Å². The summed E-state index contributed by atoms with van der Waals surface area (Å²) in [6.45, 7) is 0. The average Bonchev–Trinajstić information content (AvgIpc) is 2.30. The van der Waals surface area contributed by atoms with Gasteiger partial charge in [-0.3, -0.25) is 5.41 Å². The SMILES string of the molecule is Cl.Cl.Cl.N=C(c1ccccc1)c1ccccc1. The summed E-state index contributed by atoms with van der Waals surface area (Å²) in [5.74, 6) is 0. The van der Waals surface area contributed by atoms with Crippen LogP contribution in [0.5, 0.6) is 0 Å². The van der Waals surface area contributed by atoms with E-state index in [1.54, 1.807) is 0 Å². The molecule has 2 rings (SSSR count). The van der Waals surface area contributed by atoms with E-state index in [0.717, 1.165) is 11.1 Å². The van der Waals surface area contributed by atoms with Gasteiger partial charge in [-0.2, -0.15) is 0 Å². The number of hydrogen-bond donors (Lipinski definition) is 1. The minimum absolute atomic E-state index is 0. The normalized spacial score (nSPS) is 8.00. The van der Waals surface area contributed by atoms with Crippen LogP contribution in [0.4, 0.5) is 0 Å². The van der Waals surface area contributed by atoms with Gasteiger partial charge >= 0.3 is 0 Å². The molecule has 0 saturated carbocycles. The highest BCUT2D eigenvalue weighted by Gasteiger charge is 2.01. The minimum atomic E-state index is 0. The van der Waals surface area contributed by atoms with E-state index in [2.05, 4.69) is 0 Å². The summed E-state index contributed by atoms with van der Waals surface area (Å²) in [6.07, 6.45) is 0. The predicted octanol–water partition coefficient (Wildman–Crippen LogP) is 4.37. The molecule has 2 aromatic carbocycles. The molecule has 92 valence electrons. The molecular weight excluding hydrogens is 277 g/mol. The van der Waals surface area contributed by atoms with Gasteiger partial charge in [0, 0.05) is 0 Å². The first-order chi connectivity index (χ1) is 6.88. The van der Waals surface area contributed by atoms with Gasteiger partial charge in [0.1, 0.15) is 0 Å². The Labute approximate surface area is 120 Å². The first kappa shape index (κ1) is 18.3. The molecule has 17 heavy (non-hydrogen) atoms. The highest BCUT2D eigenvalue weighted by atomic mass is 35.5. The minimum Gasteiger partial charge on any atom is -0.300 e. The summed E-state index contributed by atoms with van der Waals surface area (Å²) in [6, 6.07) is 19.5. The zero-order chi connectivity index (χ0) is 9.80. The molecule has 2 aromatic rings. The van der Waals surface area contributed by atoms with Crippen molar-refractivity contribution < 1.29 is 0 Å². The van der Waals surface area contributed by atoms with Gasteiger partial charge in [0.05, 0.1) is 5.71 Å². The number of hydrogen-bond acceptors (Lipinski definition) is 1. The zero-order valence-corrected chi connectivity index (χ0v) is 11.4. The van der Waals surface area contributed by atoms with Crippen molar-refractivity contribution in [2.75, 3.05) is 0 Å². The molecule has 0 heterocycles. The lowest BCUT2D eigenvalue weighted by molar-refractivity contribution is 1.46. The molecule has 0 atom stereocenters. The van der Waals surface area contributed by atoms with Gasteiger partial charge < -0.3 is 0 Å². The Morgan fingerprint density at radius 3 is 1.18 bits per heavy atom. The van der Waals surface area contributed by atoms with Crippen LogP contribution in [0.15, 0.2) is 60.7 Å². The third-order valence-corrected chi connectivity index (χ3v) is 2.12. The molecule has 0 radical (unpaired) electrons. The zero-order valence-electron chi connectivity index (χ0n) is 9.00. The number of benzene rings is 2. The van der Waals surface area contributed by atoms with Crippen molar-refractivity contribution in [1.82, 2.24) is 0 Å². The summed E-state index contributed by atoms with van der Waals surface area (Å²) in [5, 5.41) is 7.97.